The Morgan fingerprint density at radius 3 is 2.74 bits per heavy atom. The Labute approximate surface area is 167 Å². The smallest absolute Gasteiger partial charge is 0.342 e. The molecule has 2 aromatic rings. The summed E-state index contributed by atoms with van der Waals surface area (Å²) >= 11 is 6.34. The molecule has 1 atom stereocenters. The van der Waals surface area contributed by atoms with Crippen LogP contribution in [0.5, 0.6) is 0 Å². The normalized spacial score (nSPS) is 17.0. The number of guanidine groups is 1. The van der Waals surface area contributed by atoms with E-state index in [4.69, 9.17) is 32.2 Å². The lowest BCUT2D eigenvalue weighted by atomic mass is 9.81. The molecular weight excluding hydrogens is 391 g/mol. The molecule has 1 unspecified atom stereocenters. The van der Waals surface area contributed by atoms with Crippen LogP contribution in [0.4, 0.5) is 0 Å². The summed E-state index contributed by atoms with van der Waals surface area (Å²) in [5, 5.41) is 8.57. The van der Waals surface area contributed by atoms with Crippen molar-refractivity contribution in [2.75, 3.05) is 6.61 Å². The number of esters is 1. The number of furan rings is 1. The van der Waals surface area contributed by atoms with E-state index >= 15 is 0 Å². The summed E-state index contributed by atoms with van der Waals surface area (Å²) in [4.78, 5) is 12.2. The molecule has 0 aliphatic heterocycles. The first kappa shape index (κ1) is 20.8. The van der Waals surface area contributed by atoms with Gasteiger partial charge in [0.25, 0.3) is 0 Å². The molecule has 9 heteroatoms. The van der Waals surface area contributed by atoms with Gasteiger partial charge in [0.2, 0.25) is 5.96 Å². The third-order valence-electron chi connectivity index (χ3n) is 4.15. The van der Waals surface area contributed by atoms with Crippen molar-refractivity contribution in [1.82, 2.24) is 0 Å². The second-order valence-corrected chi connectivity index (χ2v) is 6.27. The number of nitrogens with two attached hydrogens (primary N) is 2. The minimum Gasteiger partial charge on any atom is -0.468 e. The van der Waals surface area contributed by atoms with E-state index in [1.54, 1.807) is 6.92 Å². The standard InChI is InChI=1S/C18H19ClN4O3.ClH/c1-2-25-17(24)12-9-26-15-8-10(11-5-3-4-6-13(11)19)7-14(16(12)15)22-23-18(20)21;/h3-6,9-10H,2,7-8H2,1H3,(H4,20,21,23);1H/b22-14-;. The van der Waals surface area contributed by atoms with Crippen molar-refractivity contribution in [3.63, 3.8) is 0 Å². The van der Waals surface area contributed by atoms with Crippen LogP contribution in [0.2, 0.25) is 5.02 Å². The van der Waals surface area contributed by atoms with Crippen molar-refractivity contribution in [1.29, 1.82) is 0 Å². The molecule has 0 fully saturated rings. The van der Waals surface area contributed by atoms with Gasteiger partial charge in [0.1, 0.15) is 17.6 Å². The quantitative estimate of drug-likeness (QED) is 0.347. The summed E-state index contributed by atoms with van der Waals surface area (Å²) in [5.41, 5.74) is 13.3. The maximum Gasteiger partial charge on any atom is 0.342 e. The predicted molar refractivity (Wildman–Crippen MR) is 107 cm³/mol. The average molecular weight is 411 g/mol. The summed E-state index contributed by atoms with van der Waals surface area (Å²) in [6.45, 7) is 2.01. The zero-order valence-electron chi connectivity index (χ0n) is 14.6. The van der Waals surface area contributed by atoms with E-state index in [-0.39, 0.29) is 30.9 Å². The Balaban J connectivity index is 0.00000261. The van der Waals surface area contributed by atoms with Crippen LogP contribution < -0.4 is 11.5 Å². The van der Waals surface area contributed by atoms with Gasteiger partial charge in [0.05, 0.1) is 17.9 Å². The maximum absolute atomic E-state index is 12.2. The Kier molecular flexibility index (Phi) is 6.87. The number of carbonyl (C=O) groups is 1. The van der Waals surface area contributed by atoms with Crippen LogP contribution in [-0.4, -0.2) is 24.2 Å². The van der Waals surface area contributed by atoms with E-state index < -0.39 is 5.97 Å². The van der Waals surface area contributed by atoms with Crippen molar-refractivity contribution in [3.8, 4) is 0 Å². The SMILES string of the molecule is CCOC(=O)c1coc2c1/C(=N\N=C(N)N)CC(c1ccccc1Cl)C2.Cl. The van der Waals surface area contributed by atoms with Gasteiger partial charge in [-0.2, -0.15) is 5.10 Å². The zero-order chi connectivity index (χ0) is 18.7. The number of fused-ring (bicyclic) bond motifs is 1. The van der Waals surface area contributed by atoms with E-state index in [0.29, 0.717) is 40.5 Å². The van der Waals surface area contributed by atoms with E-state index in [2.05, 4.69) is 10.2 Å². The monoisotopic (exact) mass is 410 g/mol. The molecule has 7 nitrogen and oxygen atoms in total. The molecule has 1 aromatic heterocycles. The number of carbonyl (C=O) groups excluding carboxylic acids is 1. The fourth-order valence-electron chi connectivity index (χ4n) is 3.09. The van der Waals surface area contributed by atoms with Crippen molar-refractivity contribution < 1.29 is 13.9 Å². The van der Waals surface area contributed by atoms with Gasteiger partial charge in [-0.05, 0) is 30.9 Å². The number of benzene rings is 1. The van der Waals surface area contributed by atoms with Crippen molar-refractivity contribution in [2.45, 2.75) is 25.7 Å². The Hall–Kier alpha value is -2.51. The average Bonchev–Trinajstić information content (AvgIpc) is 3.04. The maximum atomic E-state index is 12.2. The molecule has 1 aromatic carbocycles. The van der Waals surface area contributed by atoms with Gasteiger partial charge in [0, 0.05) is 11.4 Å². The third-order valence-corrected chi connectivity index (χ3v) is 4.50. The number of halogens is 2. The second kappa shape index (κ2) is 8.92. The number of hydrogen-bond acceptors (Lipinski definition) is 5. The van der Waals surface area contributed by atoms with Gasteiger partial charge in [-0.3, -0.25) is 0 Å². The summed E-state index contributed by atoms with van der Waals surface area (Å²) in [6, 6.07) is 7.60. The topological polar surface area (TPSA) is 116 Å². The lowest BCUT2D eigenvalue weighted by molar-refractivity contribution is 0.0525. The number of ether oxygens (including phenoxy) is 1. The summed E-state index contributed by atoms with van der Waals surface area (Å²) in [7, 11) is 0. The van der Waals surface area contributed by atoms with E-state index in [9.17, 15) is 4.79 Å². The molecule has 0 spiro atoms. The first-order valence-electron chi connectivity index (χ1n) is 8.19. The molecular formula is C18H20Cl2N4O3. The molecule has 0 bridgehead atoms. The van der Waals surface area contributed by atoms with Gasteiger partial charge in [-0.25, -0.2) is 4.79 Å². The molecule has 1 heterocycles. The molecule has 0 amide bonds. The Bertz CT molecular complexity index is 888. The van der Waals surface area contributed by atoms with Crippen LogP contribution in [0.15, 0.2) is 45.1 Å². The molecule has 0 saturated carbocycles. The van der Waals surface area contributed by atoms with Gasteiger partial charge >= 0.3 is 5.97 Å². The highest BCUT2D eigenvalue weighted by molar-refractivity contribution is 6.31. The highest BCUT2D eigenvalue weighted by Gasteiger charge is 2.33. The fourth-order valence-corrected chi connectivity index (χ4v) is 3.38. The van der Waals surface area contributed by atoms with Crippen molar-refractivity contribution >= 4 is 41.6 Å². The first-order valence-corrected chi connectivity index (χ1v) is 8.56. The largest absolute Gasteiger partial charge is 0.468 e. The van der Waals surface area contributed by atoms with Gasteiger partial charge < -0.3 is 20.6 Å². The van der Waals surface area contributed by atoms with E-state index in [1.807, 2.05) is 24.3 Å². The van der Waals surface area contributed by atoms with Crippen LogP contribution in [0, 0.1) is 0 Å². The molecule has 1 aliphatic carbocycles. The number of hydrogen-bond donors (Lipinski definition) is 2. The van der Waals surface area contributed by atoms with Gasteiger partial charge in [0.15, 0.2) is 0 Å². The highest BCUT2D eigenvalue weighted by atomic mass is 35.5. The lowest BCUT2D eigenvalue weighted by Gasteiger charge is -2.24. The minimum atomic E-state index is -0.467. The number of rotatable bonds is 4. The lowest BCUT2D eigenvalue weighted by Crippen LogP contribution is -2.24. The summed E-state index contributed by atoms with van der Waals surface area (Å²) in [5.74, 6) is 0.0327. The van der Waals surface area contributed by atoms with Crippen LogP contribution in [0.1, 0.15) is 46.5 Å². The summed E-state index contributed by atoms with van der Waals surface area (Å²) in [6.07, 6.45) is 2.49. The van der Waals surface area contributed by atoms with E-state index in [0.717, 1.165) is 5.56 Å². The summed E-state index contributed by atoms with van der Waals surface area (Å²) < 4.78 is 10.7. The van der Waals surface area contributed by atoms with Crippen LogP contribution in [-0.2, 0) is 11.2 Å². The van der Waals surface area contributed by atoms with Crippen LogP contribution in [0.3, 0.4) is 0 Å². The Morgan fingerprint density at radius 1 is 1.33 bits per heavy atom. The van der Waals surface area contributed by atoms with Gasteiger partial charge in [-0.15, -0.1) is 17.5 Å². The van der Waals surface area contributed by atoms with Crippen LogP contribution >= 0.6 is 24.0 Å². The number of nitrogens with zero attached hydrogens (tertiary/aromatic N) is 2. The molecule has 144 valence electrons. The highest BCUT2D eigenvalue weighted by Crippen LogP contribution is 2.38. The fraction of sp³-hybridized carbons (Fsp3) is 0.278. The second-order valence-electron chi connectivity index (χ2n) is 5.87. The molecule has 0 radical (unpaired) electrons. The molecule has 4 N–H and O–H groups in total. The van der Waals surface area contributed by atoms with Crippen LogP contribution in [0.25, 0.3) is 0 Å². The zero-order valence-corrected chi connectivity index (χ0v) is 16.2. The Morgan fingerprint density at radius 2 is 2.07 bits per heavy atom. The third kappa shape index (κ3) is 4.43. The predicted octanol–water partition coefficient (Wildman–Crippen LogP) is 3.24. The minimum absolute atomic E-state index is 0. The van der Waals surface area contributed by atoms with Gasteiger partial charge in [-0.1, -0.05) is 29.8 Å². The first-order chi connectivity index (χ1) is 12.5. The van der Waals surface area contributed by atoms with Crippen molar-refractivity contribution in [2.24, 2.45) is 21.7 Å². The molecule has 3 rings (SSSR count). The molecule has 27 heavy (non-hydrogen) atoms. The molecule has 1 aliphatic rings. The van der Waals surface area contributed by atoms with Crippen molar-refractivity contribution in [3.05, 3.63) is 58.0 Å². The molecule has 0 saturated heterocycles. The van der Waals surface area contributed by atoms with E-state index in [1.165, 1.54) is 6.26 Å².